The van der Waals surface area contributed by atoms with Crippen molar-refractivity contribution in [1.29, 1.82) is 0 Å². The molecule has 0 radical (unpaired) electrons. The fraction of sp³-hybridized carbons (Fsp3) is 0.462. The Bertz CT molecular complexity index is 388. The summed E-state index contributed by atoms with van der Waals surface area (Å²) in [5.74, 6) is -0.0562. The quantitative estimate of drug-likeness (QED) is 0.835. The van der Waals surface area contributed by atoms with Gasteiger partial charge in [-0.25, -0.2) is 0 Å². The Labute approximate surface area is 101 Å². The van der Waals surface area contributed by atoms with E-state index in [1.807, 2.05) is 6.92 Å². The number of carbonyl (C=O) groups excluding carboxylic acids is 1. The van der Waals surface area contributed by atoms with Crippen LogP contribution in [0.2, 0.25) is 0 Å². The summed E-state index contributed by atoms with van der Waals surface area (Å²) in [6, 6.07) is 7.18. The Morgan fingerprint density at radius 2 is 2.18 bits per heavy atom. The summed E-state index contributed by atoms with van der Waals surface area (Å²) in [4.78, 5) is 11.9. The van der Waals surface area contributed by atoms with Crippen LogP contribution in [0.1, 0.15) is 18.9 Å². The van der Waals surface area contributed by atoms with Crippen LogP contribution < -0.4 is 5.32 Å². The monoisotopic (exact) mass is 235 g/mol. The zero-order valence-electron chi connectivity index (χ0n) is 9.85. The lowest BCUT2D eigenvalue weighted by Gasteiger charge is -2.14. The number of amides is 1. The van der Waals surface area contributed by atoms with Gasteiger partial charge in [-0.1, -0.05) is 12.1 Å². The molecule has 1 aliphatic rings. The van der Waals surface area contributed by atoms with Crippen molar-refractivity contribution in [3.05, 3.63) is 29.8 Å². The van der Waals surface area contributed by atoms with Crippen LogP contribution in [0.25, 0.3) is 0 Å². The van der Waals surface area contributed by atoms with Gasteiger partial charge in [0.1, 0.15) is 0 Å². The van der Waals surface area contributed by atoms with E-state index in [1.54, 1.807) is 24.3 Å². The van der Waals surface area contributed by atoms with Crippen LogP contribution in [0.15, 0.2) is 24.3 Å². The van der Waals surface area contributed by atoms with Crippen LogP contribution in [-0.2, 0) is 16.1 Å². The third-order valence-electron chi connectivity index (χ3n) is 3.12. The molecule has 1 fully saturated rings. The minimum atomic E-state index is -0.0625. The average molecular weight is 235 g/mol. The topological polar surface area (TPSA) is 58.6 Å². The molecule has 2 rings (SSSR count). The first-order valence-corrected chi connectivity index (χ1v) is 5.83. The molecule has 4 nitrogen and oxygen atoms in total. The van der Waals surface area contributed by atoms with Crippen LogP contribution in [-0.4, -0.2) is 23.7 Å². The van der Waals surface area contributed by atoms with Crippen LogP contribution in [0.4, 0.5) is 5.69 Å². The van der Waals surface area contributed by atoms with E-state index in [2.05, 4.69) is 5.32 Å². The predicted molar refractivity (Wildman–Crippen MR) is 64.5 cm³/mol. The van der Waals surface area contributed by atoms with Gasteiger partial charge in [0.25, 0.3) is 0 Å². The van der Waals surface area contributed by atoms with E-state index in [1.165, 1.54) is 0 Å². The molecule has 1 aliphatic heterocycles. The largest absolute Gasteiger partial charge is 0.392 e. The molecular weight excluding hydrogens is 218 g/mol. The molecule has 1 saturated heterocycles. The van der Waals surface area contributed by atoms with Crippen molar-refractivity contribution < 1.29 is 14.6 Å². The molecule has 4 heteroatoms. The van der Waals surface area contributed by atoms with Gasteiger partial charge < -0.3 is 15.2 Å². The molecule has 2 atom stereocenters. The molecule has 17 heavy (non-hydrogen) atoms. The fourth-order valence-corrected chi connectivity index (χ4v) is 2.00. The highest BCUT2D eigenvalue weighted by molar-refractivity contribution is 5.93. The zero-order chi connectivity index (χ0) is 12.3. The van der Waals surface area contributed by atoms with Crippen molar-refractivity contribution in [2.24, 2.45) is 5.92 Å². The molecule has 1 aromatic rings. The first-order valence-electron chi connectivity index (χ1n) is 5.83. The molecule has 1 amide bonds. The van der Waals surface area contributed by atoms with Crippen molar-refractivity contribution in [3.8, 4) is 0 Å². The molecule has 0 saturated carbocycles. The lowest BCUT2D eigenvalue weighted by Crippen LogP contribution is -2.27. The number of aliphatic hydroxyl groups excluding tert-OH is 1. The molecule has 0 spiro atoms. The number of hydrogen-bond acceptors (Lipinski definition) is 3. The Morgan fingerprint density at radius 3 is 2.71 bits per heavy atom. The average Bonchev–Trinajstić information content (AvgIpc) is 2.76. The van der Waals surface area contributed by atoms with E-state index in [4.69, 9.17) is 9.84 Å². The maximum Gasteiger partial charge on any atom is 0.230 e. The second-order valence-corrected chi connectivity index (χ2v) is 4.32. The maximum absolute atomic E-state index is 11.9. The molecule has 2 unspecified atom stereocenters. The van der Waals surface area contributed by atoms with Gasteiger partial charge in [0.05, 0.1) is 18.6 Å². The lowest BCUT2D eigenvalue weighted by atomic mass is 10.0. The molecular formula is C13H17NO3. The maximum atomic E-state index is 11.9. The summed E-state index contributed by atoms with van der Waals surface area (Å²) < 4.78 is 5.37. The van der Waals surface area contributed by atoms with E-state index in [-0.39, 0.29) is 24.5 Å². The van der Waals surface area contributed by atoms with Crippen molar-refractivity contribution in [3.63, 3.8) is 0 Å². The number of rotatable bonds is 3. The van der Waals surface area contributed by atoms with Crippen molar-refractivity contribution in [2.75, 3.05) is 11.9 Å². The first-order chi connectivity index (χ1) is 8.20. The van der Waals surface area contributed by atoms with E-state index < -0.39 is 0 Å². The summed E-state index contributed by atoms with van der Waals surface area (Å²) in [5, 5.41) is 11.8. The fourth-order valence-electron chi connectivity index (χ4n) is 2.00. The van der Waals surface area contributed by atoms with Crippen LogP contribution in [0.3, 0.4) is 0 Å². The summed E-state index contributed by atoms with van der Waals surface area (Å²) in [6.07, 6.45) is 0.772. The van der Waals surface area contributed by atoms with Crippen molar-refractivity contribution in [2.45, 2.75) is 26.1 Å². The number of ether oxygens (including phenoxy) is 1. The Balaban J connectivity index is 1.97. The van der Waals surface area contributed by atoms with Gasteiger partial charge in [-0.3, -0.25) is 4.79 Å². The lowest BCUT2D eigenvalue weighted by molar-refractivity contribution is -0.121. The highest BCUT2D eigenvalue weighted by atomic mass is 16.5. The molecule has 1 heterocycles. The van der Waals surface area contributed by atoms with E-state index >= 15 is 0 Å². The predicted octanol–water partition coefficient (Wildman–Crippen LogP) is 1.54. The molecule has 0 aliphatic carbocycles. The first kappa shape index (κ1) is 12.1. The van der Waals surface area contributed by atoms with Gasteiger partial charge in [0.2, 0.25) is 5.91 Å². The van der Waals surface area contributed by atoms with Gasteiger partial charge in [-0.05, 0) is 31.0 Å². The number of hydrogen-bond donors (Lipinski definition) is 2. The molecule has 1 aromatic carbocycles. The van der Waals surface area contributed by atoms with Crippen molar-refractivity contribution >= 4 is 11.6 Å². The smallest absolute Gasteiger partial charge is 0.230 e. The normalized spacial score (nSPS) is 23.6. The third-order valence-corrected chi connectivity index (χ3v) is 3.12. The number of benzene rings is 1. The van der Waals surface area contributed by atoms with Crippen LogP contribution in [0.5, 0.6) is 0 Å². The highest BCUT2D eigenvalue weighted by Gasteiger charge is 2.30. The van der Waals surface area contributed by atoms with Gasteiger partial charge in [0.15, 0.2) is 0 Å². The minimum Gasteiger partial charge on any atom is -0.392 e. The van der Waals surface area contributed by atoms with Gasteiger partial charge in [-0.2, -0.15) is 0 Å². The van der Waals surface area contributed by atoms with E-state index in [0.717, 1.165) is 17.7 Å². The number of nitrogens with one attached hydrogen (secondary N) is 1. The van der Waals surface area contributed by atoms with Gasteiger partial charge >= 0.3 is 0 Å². The summed E-state index contributed by atoms with van der Waals surface area (Å²) in [6.45, 7) is 2.59. The molecule has 0 bridgehead atoms. The summed E-state index contributed by atoms with van der Waals surface area (Å²) in [7, 11) is 0. The number of anilines is 1. The SMILES string of the molecule is CC1OCCC1C(=O)Nc1ccc(CO)cc1. The van der Waals surface area contributed by atoms with E-state index in [0.29, 0.717) is 6.61 Å². The van der Waals surface area contributed by atoms with Gasteiger partial charge in [0, 0.05) is 12.3 Å². The van der Waals surface area contributed by atoms with Gasteiger partial charge in [-0.15, -0.1) is 0 Å². The second-order valence-electron chi connectivity index (χ2n) is 4.32. The van der Waals surface area contributed by atoms with Crippen LogP contribution in [0, 0.1) is 5.92 Å². The second kappa shape index (κ2) is 5.29. The standard InChI is InChI=1S/C13H17NO3/c1-9-12(6-7-17-9)13(16)14-11-4-2-10(8-15)3-5-11/h2-5,9,12,15H,6-8H2,1H3,(H,14,16). The Kier molecular flexibility index (Phi) is 3.76. The number of aliphatic hydroxyl groups is 1. The van der Waals surface area contributed by atoms with E-state index in [9.17, 15) is 4.79 Å². The van der Waals surface area contributed by atoms with Crippen LogP contribution >= 0.6 is 0 Å². The van der Waals surface area contributed by atoms with Crippen molar-refractivity contribution in [1.82, 2.24) is 0 Å². The Hall–Kier alpha value is -1.39. The summed E-state index contributed by atoms with van der Waals surface area (Å²) >= 11 is 0. The third kappa shape index (κ3) is 2.84. The number of carbonyl (C=O) groups is 1. The summed E-state index contributed by atoms with van der Waals surface area (Å²) in [5.41, 5.74) is 1.59. The highest BCUT2D eigenvalue weighted by Crippen LogP contribution is 2.22. The molecule has 2 N–H and O–H groups in total. The minimum absolute atomic E-state index is 0.00625. The molecule has 92 valence electrons. The molecule has 0 aromatic heterocycles. The Morgan fingerprint density at radius 1 is 1.47 bits per heavy atom. The zero-order valence-corrected chi connectivity index (χ0v) is 9.85.